The third kappa shape index (κ3) is 10.4. The van der Waals surface area contributed by atoms with E-state index in [1.807, 2.05) is 6.08 Å². The molecule has 0 aliphatic heterocycles. The minimum Gasteiger partial charge on any atom is -0.480 e. The van der Waals surface area contributed by atoms with Crippen molar-refractivity contribution in [2.75, 3.05) is 13.2 Å². The maximum Gasteiger partial charge on any atom is 0.408 e. The number of allylic oxidation sites excluding steroid dienone is 1. The zero-order chi connectivity index (χ0) is 15.6. The van der Waals surface area contributed by atoms with Gasteiger partial charge in [0.2, 0.25) is 0 Å². The fourth-order valence-corrected chi connectivity index (χ4v) is 1.32. The molecule has 6 nitrogen and oxygen atoms in total. The van der Waals surface area contributed by atoms with Gasteiger partial charge in [0.1, 0.15) is 5.60 Å². The molecule has 0 spiro atoms. The fraction of sp³-hybridized carbons (Fsp3) is 0.714. The molecule has 0 radical (unpaired) electrons. The van der Waals surface area contributed by atoms with Crippen LogP contribution in [-0.4, -0.2) is 42.0 Å². The number of carboxylic acids is 1. The lowest BCUT2D eigenvalue weighted by molar-refractivity contribution is -0.141. The van der Waals surface area contributed by atoms with E-state index in [1.54, 1.807) is 20.8 Å². The van der Waals surface area contributed by atoms with Crippen LogP contribution in [0.2, 0.25) is 0 Å². The second-order valence-corrected chi connectivity index (χ2v) is 5.40. The number of rotatable bonds is 9. The Kier molecular flexibility index (Phi) is 8.63. The number of hydrogen-bond acceptors (Lipinski definition) is 4. The topological polar surface area (TPSA) is 84.9 Å². The largest absolute Gasteiger partial charge is 0.480 e. The van der Waals surface area contributed by atoms with Gasteiger partial charge in [-0.2, -0.15) is 0 Å². The summed E-state index contributed by atoms with van der Waals surface area (Å²) in [6, 6.07) is -1.11. The number of carbonyl (C=O) groups is 2. The Bertz CT molecular complexity index is 322. The summed E-state index contributed by atoms with van der Waals surface area (Å²) in [6.07, 6.45) is 3.73. The van der Waals surface area contributed by atoms with Crippen molar-refractivity contribution >= 4 is 12.1 Å². The summed E-state index contributed by atoms with van der Waals surface area (Å²) in [6.45, 7) is 9.10. The second kappa shape index (κ2) is 9.36. The predicted molar refractivity (Wildman–Crippen MR) is 75.7 cm³/mol. The molecule has 0 aromatic carbocycles. The number of alkyl carbamates (subject to hydrolysis) is 1. The average Bonchev–Trinajstić information content (AvgIpc) is 2.29. The number of nitrogens with one attached hydrogen (secondary N) is 1. The summed E-state index contributed by atoms with van der Waals surface area (Å²) in [4.78, 5) is 22.5. The van der Waals surface area contributed by atoms with E-state index in [9.17, 15) is 9.59 Å². The zero-order valence-corrected chi connectivity index (χ0v) is 12.5. The summed E-state index contributed by atoms with van der Waals surface area (Å²) in [7, 11) is 0. The van der Waals surface area contributed by atoms with E-state index in [4.69, 9.17) is 14.6 Å². The van der Waals surface area contributed by atoms with E-state index in [2.05, 4.69) is 11.9 Å². The van der Waals surface area contributed by atoms with Crippen molar-refractivity contribution < 1.29 is 24.2 Å². The fourth-order valence-electron chi connectivity index (χ4n) is 1.32. The van der Waals surface area contributed by atoms with Crippen LogP contribution in [0.15, 0.2) is 12.7 Å². The number of carboxylic acid groups (broad SMARTS) is 1. The van der Waals surface area contributed by atoms with Gasteiger partial charge in [0.05, 0.1) is 6.61 Å². The molecule has 0 heterocycles. The first kappa shape index (κ1) is 18.4. The van der Waals surface area contributed by atoms with Gasteiger partial charge in [0, 0.05) is 6.61 Å². The molecule has 0 saturated carbocycles. The zero-order valence-electron chi connectivity index (χ0n) is 12.5. The highest BCUT2D eigenvalue weighted by Crippen LogP contribution is 2.07. The summed E-state index contributed by atoms with van der Waals surface area (Å²) in [5.41, 5.74) is -0.668. The number of amides is 1. The van der Waals surface area contributed by atoms with Crippen molar-refractivity contribution in [1.29, 1.82) is 0 Å². The van der Waals surface area contributed by atoms with E-state index in [0.29, 0.717) is 6.61 Å². The maximum atomic E-state index is 11.5. The highest BCUT2D eigenvalue weighted by Gasteiger charge is 2.23. The SMILES string of the molecule is C=CCCCCOC[C@H](NC(=O)OC(C)(C)C)C(=O)O. The van der Waals surface area contributed by atoms with Crippen molar-refractivity contribution in [2.24, 2.45) is 0 Å². The molecule has 6 heteroatoms. The van der Waals surface area contributed by atoms with Gasteiger partial charge in [0.25, 0.3) is 0 Å². The monoisotopic (exact) mass is 287 g/mol. The first-order chi connectivity index (χ1) is 9.26. The van der Waals surface area contributed by atoms with Crippen LogP contribution in [0.5, 0.6) is 0 Å². The normalized spacial score (nSPS) is 12.6. The molecule has 0 bridgehead atoms. The van der Waals surface area contributed by atoms with Crippen LogP contribution in [0.3, 0.4) is 0 Å². The lowest BCUT2D eigenvalue weighted by Gasteiger charge is -2.22. The Morgan fingerprint density at radius 1 is 1.35 bits per heavy atom. The minimum atomic E-state index is -1.15. The molecule has 116 valence electrons. The van der Waals surface area contributed by atoms with Crippen molar-refractivity contribution in [1.82, 2.24) is 5.32 Å². The lowest BCUT2D eigenvalue weighted by Crippen LogP contribution is -2.46. The summed E-state index contributed by atoms with van der Waals surface area (Å²) in [5.74, 6) is -1.15. The van der Waals surface area contributed by atoms with Crippen LogP contribution in [0.25, 0.3) is 0 Å². The molecule has 0 aromatic heterocycles. The molecular formula is C14H25NO5. The van der Waals surface area contributed by atoms with Crippen molar-refractivity contribution in [3.63, 3.8) is 0 Å². The van der Waals surface area contributed by atoms with Crippen molar-refractivity contribution in [2.45, 2.75) is 51.7 Å². The Morgan fingerprint density at radius 3 is 2.50 bits per heavy atom. The lowest BCUT2D eigenvalue weighted by atomic mass is 10.2. The Morgan fingerprint density at radius 2 is 2.00 bits per heavy atom. The number of carbonyl (C=O) groups excluding carboxylic acids is 1. The minimum absolute atomic E-state index is 0.0807. The molecule has 0 aliphatic rings. The van der Waals surface area contributed by atoms with Gasteiger partial charge >= 0.3 is 12.1 Å². The number of unbranched alkanes of at least 4 members (excludes halogenated alkanes) is 2. The van der Waals surface area contributed by atoms with Crippen LogP contribution < -0.4 is 5.32 Å². The first-order valence-electron chi connectivity index (χ1n) is 6.67. The van der Waals surface area contributed by atoms with Gasteiger partial charge in [0.15, 0.2) is 6.04 Å². The summed E-state index contributed by atoms with van der Waals surface area (Å²) < 4.78 is 10.2. The number of ether oxygens (including phenoxy) is 2. The quantitative estimate of drug-likeness (QED) is 0.502. The Labute approximate surface area is 120 Å². The van der Waals surface area contributed by atoms with Crippen molar-refractivity contribution in [3.8, 4) is 0 Å². The third-order valence-electron chi connectivity index (χ3n) is 2.22. The van der Waals surface area contributed by atoms with Gasteiger partial charge in [-0.3, -0.25) is 0 Å². The highest BCUT2D eigenvalue weighted by atomic mass is 16.6. The standard InChI is InChI=1S/C14H25NO5/c1-5-6-7-8-9-19-10-11(12(16)17)15-13(18)20-14(2,3)4/h5,11H,1,6-10H2,2-4H3,(H,15,18)(H,16,17)/t11-/m0/s1. The summed E-state index contributed by atoms with van der Waals surface area (Å²) >= 11 is 0. The summed E-state index contributed by atoms with van der Waals surface area (Å²) in [5, 5.41) is 11.3. The third-order valence-corrected chi connectivity index (χ3v) is 2.22. The highest BCUT2D eigenvalue weighted by molar-refractivity contribution is 5.80. The van der Waals surface area contributed by atoms with Gasteiger partial charge in [-0.15, -0.1) is 6.58 Å². The predicted octanol–water partition coefficient (Wildman–Crippen LogP) is 2.34. The van der Waals surface area contributed by atoms with Crippen LogP contribution >= 0.6 is 0 Å². The van der Waals surface area contributed by atoms with E-state index in [1.165, 1.54) is 0 Å². The number of hydrogen-bond donors (Lipinski definition) is 2. The van der Waals surface area contributed by atoms with E-state index >= 15 is 0 Å². The molecule has 2 N–H and O–H groups in total. The van der Waals surface area contributed by atoms with Crippen LogP contribution in [-0.2, 0) is 14.3 Å². The molecular weight excluding hydrogens is 262 g/mol. The average molecular weight is 287 g/mol. The van der Waals surface area contributed by atoms with Crippen LogP contribution in [0.4, 0.5) is 4.79 Å². The second-order valence-electron chi connectivity index (χ2n) is 5.40. The molecule has 0 saturated heterocycles. The van der Waals surface area contributed by atoms with Crippen LogP contribution in [0, 0.1) is 0 Å². The maximum absolute atomic E-state index is 11.5. The Balaban J connectivity index is 4.02. The van der Waals surface area contributed by atoms with Gasteiger partial charge in [-0.1, -0.05) is 6.08 Å². The van der Waals surface area contributed by atoms with E-state index in [0.717, 1.165) is 19.3 Å². The molecule has 0 rings (SSSR count). The van der Waals surface area contributed by atoms with Gasteiger partial charge < -0.3 is 19.9 Å². The molecule has 20 heavy (non-hydrogen) atoms. The first-order valence-corrected chi connectivity index (χ1v) is 6.67. The molecule has 0 aliphatic carbocycles. The van der Waals surface area contributed by atoms with E-state index < -0.39 is 23.7 Å². The van der Waals surface area contributed by atoms with Gasteiger partial charge in [-0.25, -0.2) is 9.59 Å². The molecule has 0 unspecified atom stereocenters. The van der Waals surface area contributed by atoms with Crippen molar-refractivity contribution in [3.05, 3.63) is 12.7 Å². The van der Waals surface area contributed by atoms with Gasteiger partial charge in [-0.05, 0) is 40.0 Å². The Hall–Kier alpha value is -1.56. The molecule has 1 atom stereocenters. The molecule has 0 fully saturated rings. The number of aliphatic carboxylic acids is 1. The van der Waals surface area contributed by atoms with E-state index in [-0.39, 0.29) is 6.61 Å². The molecule has 1 amide bonds. The molecule has 0 aromatic rings. The van der Waals surface area contributed by atoms with Crippen LogP contribution in [0.1, 0.15) is 40.0 Å². The smallest absolute Gasteiger partial charge is 0.408 e.